The van der Waals surface area contributed by atoms with Crippen LogP contribution in [0.15, 0.2) is 47.4 Å². The second kappa shape index (κ2) is 8.56. The molecule has 0 unspecified atom stereocenters. The number of benzene rings is 2. The van der Waals surface area contributed by atoms with Gasteiger partial charge in [-0.3, -0.25) is 4.72 Å². The molecule has 0 radical (unpaired) electrons. The van der Waals surface area contributed by atoms with E-state index in [1.54, 1.807) is 12.1 Å². The van der Waals surface area contributed by atoms with E-state index in [1.165, 1.54) is 30.3 Å². The number of carbonyl (C=O) groups excluding carboxylic acids is 1. The minimum absolute atomic E-state index is 0.0277. The van der Waals surface area contributed by atoms with E-state index in [0.717, 1.165) is 12.8 Å². The number of hydrogen-bond acceptors (Lipinski definition) is 4. The number of unbranched alkanes of at least 4 members (excludes halogenated alkanes) is 1. The zero-order chi connectivity index (χ0) is 18.4. The van der Waals surface area contributed by atoms with E-state index >= 15 is 0 Å². The number of nitrogens with one attached hydrogen (secondary N) is 1. The van der Waals surface area contributed by atoms with Crippen LogP contribution in [0.25, 0.3) is 0 Å². The number of hydrogen-bond donors (Lipinski definition) is 1. The van der Waals surface area contributed by atoms with Crippen molar-refractivity contribution in [2.45, 2.75) is 24.7 Å². The minimum Gasteiger partial charge on any atom is -0.462 e. The lowest BCUT2D eigenvalue weighted by atomic mass is 10.2. The van der Waals surface area contributed by atoms with Gasteiger partial charge in [0.15, 0.2) is 0 Å². The highest BCUT2D eigenvalue weighted by molar-refractivity contribution is 7.92. The number of anilines is 1. The fourth-order valence-corrected chi connectivity index (χ4v) is 3.86. The number of ether oxygens (including phenoxy) is 1. The average molecular weight is 402 g/mol. The van der Waals surface area contributed by atoms with Gasteiger partial charge >= 0.3 is 5.97 Å². The molecular formula is C17H17Cl2NO4S. The molecule has 0 aliphatic carbocycles. The molecule has 2 aromatic rings. The molecule has 2 aromatic carbocycles. The molecule has 5 nitrogen and oxygen atoms in total. The van der Waals surface area contributed by atoms with Gasteiger partial charge in [-0.15, -0.1) is 0 Å². The molecule has 134 valence electrons. The molecule has 0 amide bonds. The van der Waals surface area contributed by atoms with E-state index in [0.29, 0.717) is 0 Å². The summed E-state index contributed by atoms with van der Waals surface area (Å²) in [7, 11) is -4.02. The van der Waals surface area contributed by atoms with E-state index < -0.39 is 16.0 Å². The van der Waals surface area contributed by atoms with Crippen molar-refractivity contribution in [3.05, 3.63) is 58.1 Å². The molecule has 0 aliphatic heterocycles. The molecule has 0 saturated heterocycles. The summed E-state index contributed by atoms with van der Waals surface area (Å²) in [5.74, 6) is -0.594. The predicted molar refractivity (Wildman–Crippen MR) is 98.9 cm³/mol. The maximum absolute atomic E-state index is 12.6. The third-order valence-electron chi connectivity index (χ3n) is 3.31. The quantitative estimate of drug-likeness (QED) is 0.536. The van der Waals surface area contributed by atoms with Gasteiger partial charge in [-0.05, 0) is 36.8 Å². The smallest absolute Gasteiger partial charge is 0.340 e. The van der Waals surface area contributed by atoms with Gasteiger partial charge in [0, 0.05) is 5.02 Å². The summed E-state index contributed by atoms with van der Waals surface area (Å²) in [6.07, 6.45) is 1.62. The van der Waals surface area contributed by atoms with Gasteiger partial charge in [0.2, 0.25) is 0 Å². The molecule has 2 rings (SSSR count). The molecule has 0 bridgehead atoms. The molecule has 0 spiro atoms. The van der Waals surface area contributed by atoms with Crippen molar-refractivity contribution in [3.63, 3.8) is 0 Å². The van der Waals surface area contributed by atoms with Crippen molar-refractivity contribution in [3.8, 4) is 0 Å². The van der Waals surface area contributed by atoms with Crippen molar-refractivity contribution in [2.24, 2.45) is 0 Å². The van der Waals surface area contributed by atoms with Crippen LogP contribution >= 0.6 is 23.2 Å². The maximum Gasteiger partial charge on any atom is 0.340 e. The topological polar surface area (TPSA) is 72.5 Å². The molecule has 1 N–H and O–H groups in total. The van der Waals surface area contributed by atoms with E-state index in [-0.39, 0.29) is 32.8 Å². The molecule has 0 saturated carbocycles. The van der Waals surface area contributed by atoms with Crippen LogP contribution in [-0.2, 0) is 14.8 Å². The Morgan fingerprint density at radius 1 is 1.16 bits per heavy atom. The van der Waals surface area contributed by atoms with Gasteiger partial charge in [0.25, 0.3) is 10.0 Å². The lowest BCUT2D eigenvalue weighted by molar-refractivity contribution is 0.0501. The molecule has 8 heteroatoms. The summed E-state index contributed by atoms with van der Waals surface area (Å²) >= 11 is 11.8. The highest BCUT2D eigenvalue weighted by Gasteiger charge is 2.22. The summed E-state index contributed by atoms with van der Waals surface area (Å²) < 4.78 is 32.7. The molecular weight excluding hydrogens is 385 g/mol. The minimum atomic E-state index is -4.02. The molecule has 0 atom stereocenters. The molecule has 0 aromatic heterocycles. The van der Waals surface area contributed by atoms with Crippen LogP contribution in [0, 0.1) is 0 Å². The van der Waals surface area contributed by atoms with Crippen LogP contribution in [0.2, 0.25) is 10.0 Å². The fraction of sp³-hybridized carbons (Fsp3) is 0.235. The van der Waals surface area contributed by atoms with Crippen LogP contribution in [0.3, 0.4) is 0 Å². The molecule has 0 heterocycles. The monoisotopic (exact) mass is 401 g/mol. The van der Waals surface area contributed by atoms with Gasteiger partial charge < -0.3 is 4.74 Å². The summed E-state index contributed by atoms with van der Waals surface area (Å²) in [6.45, 7) is 2.25. The van der Waals surface area contributed by atoms with E-state index in [9.17, 15) is 13.2 Å². The number of rotatable bonds is 7. The maximum atomic E-state index is 12.6. The van der Waals surface area contributed by atoms with Gasteiger partial charge in [0.1, 0.15) is 4.90 Å². The Kier molecular flexibility index (Phi) is 6.70. The number of carbonyl (C=O) groups is 1. The van der Waals surface area contributed by atoms with Gasteiger partial charge in [-0.1, -0.05) is 48.7 Å². The predicted octanol–water partition coefficient (Wildman–Crippen LogP) is 4.75. The van der Waals surface area contributed by atoms with Gasteiger partial charge in [-0.2, -0.15) is 0 Å². The fourth-order valence-electron chi connectivity index (χ4n) is 2.02. The Morgan fingerprint density at radius 3 is 2.60 bits per heavy atom. The Bertz CT molecular complexity index is 869. The summed E-state index contributed by atoms with van der Waals surface area (Å²) in [5, 5.41) is 0.261. The largest absolute Gasteiger partial charge is 0.462 e. The average Bonchev–Trinajstić information content (AvgIpc) is 2.57. The number of esters is 1. The van der Waals surface area contributed by atoms with Crippen molar-refractivity contribution < 1.29 is 17.9 Å². The SMILES string of the molecule is CCCCOC(=O)c1ccccc1NS(=O)(=O)c1cc(Cl)ccc1Cl. The Morgan fingerprint density at radius 2 is 1.88 bits per heavy atom. The van der Waals surface area contributed by atoms with Crippen LogP contribution in [0.1, 0.15) is 30.1 Å². The first-order valence-electron chi connectivity index (χ1n) is 7.59. The Hall–Kier alpha value is -1.76. The van der Waals surface area contributed by atoms with Crippen LogP contribution in [0.4, 0.5) is 5.69 Å². The highest BCUT2D eigenvalue weighted by atomic mass is 35.5. The van der Waals surface area contributed by atoms with E-state index in [4.69, 9.17) is 27.9 Å². The van der Waals surface area contributed by atoms with Crippen LogP contribution < -0.4 is 4.72 Å². The first-order valence-corrected chi connectivity index (χ1v) is 9.83. The molecule has 0 fully saturated rings. The zero-order valence-electron chi connectivity index (χ0n) is 13.5. The zero-order valence-corrected chi connectivity index (χ0v) is 15.8. The number of halogens is 2. The molecule has 25 heavy (non-hydrogen) atoms. The Balaban J connectivity index is 2.31. The normalized spacial score (nSPS) is 11.2. The first-order chi connectivity index (χ1) is 11.8. The second-order valence-electron chi connectivity index (χ2n) is 5.22. The van der Waals surface area contributed by atoms with Gasteiger partial charge in [-0.25, -0.2) is 13.2 Å². The highest BCUT2D eigenvalue weighted by Crippen LogP contribution is 2.28. The second-order valence-corrected chi connectivity index (χ2v) is 7.71. The summed E-state index contributed by atoms with van der Waals surface area (Å²) in [5.41, 5.74) is 0.236. The third kappa shape index (κ3) is 5.11. The van der Waals surface area contributed by atoms with Crippen molar-refractivity contribution in [1.82, 2.24) is 0 Å². The molecule has 0 aliphatic rings. The number of sulfonamides is 1. The lowest BCUT2D eigenvalue weighted by Gasteiger charge is -2.13. The summed E-state index contributed by atoms with van der Waals surface area (Å²) in [6, 6.07) is 10.3. The van der Waals surface area contributed by atoms with E-state index in [1.807, 2.05) is 6.92 Å². The van der Waals surface area contributed by atoms with Crippen LogP contribution in [-0.4, -0.2) is 21.0 Å². The Labute approximate surface area is 157 Å². The summed E-state index contributed by atoms with van der Waals surface area (Å²) in [4.78, 5) is 12.0. The van der Waals surface area contributed by atoms with Crippen LogP contribution in [0.5, 0.6) is 0 Å². The van der Waals surface area contributed by atoms with Crippen molar-refractivity contribution in [2.75, 3.05) is 11.3 Å². The third-order valence-corrected chi connectivity index (χ3v) is 5.39. The van der Waals surface area contributed by atoms with E-state index in [2.05, 4.69) is 4.72 Å². The van der Waals surface area contributed by atoms with Gasteiger partial charge in [0.05, 0.1) is 22.9 Å². The van der Waals surface area contributed by atoms with Crippen molar-refractivity contribution in [1.29, 1.82) is 0 Å². The standard InChI is InChI=1S/C17H17Cl2NO4S/c1-2-3-10-24-17(21)13-6-4-5-7-15(13)20-25(22,23)16-11-12(18)8-9-14(16)19/h4-9,11,20H,2-3,10H2,1H3. The number of para-hydroxylation sites is 1. The van der Waals surface area contributed by atoms with Crippen molar-refractivity contribution >= 4 is 44.9 Å². The lowest BCUT2D eigenvalue weighted by Crippen LogP contribution is -2.17. The first kappa shape index (κ1) is 19.6.